The van der Waals surface area contributed by atoms with Gasteiger partial charge in [0.15, 0.2) is 0 Å². The van der Waals surface area contributed by atoms with Gasteiger partial charge < -0.3 is 15.2 Å². The Kier molecular flexibility index (Phi) is 6.23. The lowest BCUT2D eigenvalue weighted by molar-refractivity contribution is 0.0957. The van der Waals surface area contributed by atoms with Crippen LogP contribution in [0, 0.1) is 11.8 Å². The number of fused-ring (bicyclic) bond motifs is 1. The third-order valence-electron chi connectivity index (χ3n) is 5.82. The predicted octanol–water partition coefficient (Wildman–Crippen LogP) is 1.06. The summed E-state index contributed by atoms with van der Waals surface area (Å²) in [5.74, 6) is -1.83. The first-order valence-electron chi connectivity index (χ1n) is 10.6. The Hall–Kier alpha value is -3.60. The van der Waals surface area contributed by atoms with Crippen LogP contribution >= 0.6 is 0 Å². The van der Waals surface area contributed by atoms with Gasteiger partial charge in [-0.15, -0.1) is 0 Å². The minimum Gasteiger partial charge on any atom is -0.365 e. The van der Waals surface area contributed by atoms with E-state index in [2.05, 4.69) is 20.2 Å². The van der Waals surface area contributed by atoms with Gasteiger partial charge >= 0.3 is 5.69 Å². The van der Waals surface area contributed by atoms with E-state index in [1.54, 1.807) is 19.1 Å². The Morgan fingerprint density at radius 2 is 1.88 bits per heavy atom. The van der Waals surface area contributed by atoms with Crippen molar-refractivity contribution in [1.29, 1.82) is 0 Å². The molecule has 2 aromatic heterocycles. The van der Waals surface area contributed by atoms with Crippen LogP contribution in [0.3, 0.4) is 0 Å². The van der Waals surface area contributed by atoms with Gasteiger partial charge in [-0.2, -0.15) is 4.39 Å². The normalized spacial score (nSPS) is 14.6. The van der Waals surface area contributed by atoms with E-state index in [0.29, 0.717) is 44.0 Å². The lowest BCUT2D eigenvalue weighted by atomic mass is 10.1. The van der Waals surface area contributed by atoms with E-state index >= 15 is 0 Å². The van der Waals surface area contributed by atoms with Gasteiger partial charge in [-0.25, -0.2) is 14.2 Å². The number of H-pyrrole nitrogens is 1. The first-order valence-corrected chi connectivity index (χ1v) is 10.6. The zero-order valence-corrected chi connectivity index (χ0v) is 18.3. The summed E-state index contributed by atoms with van der Waals surface area (Å²) in [7, 11) is 1.45. The molecule has 0 spiro atoms. The van der Waals surface area contributed by atoms with Crippen LogP contribution in [0.1, 0.15) is 23.0 Å². The lowest BCUT2D eigenvalue weighted by Crippen LogP contribution is -2.46. The van der Waals surface area contributed by atoms with Gasteiger partial charge in [-0.1, -0.05) is 0 Å². The van der Waals surface area contributed by atoms with Crippen LogP contribution in [0.4, 0.5) is 14.5 Å². The molecule has 4 rings (SSSR count). The molecule has 11 heteroatoms. The molecule has 1 aromatic carbocycles. The number of nitrogens with one attached hydrogen (secondary N) is 2. The summed E-state index contributed by atoms with van der Waals surface area (Å²) in [6, 6.07) is 5.96. The van der Waals surface area contributed by atoms with Crippen molar-refractivity contribution in [3.05, 3.63) is 68.1 Å². The number of carbonyl (C=O) groups excluding carboxylic acids is 1. The maximum absolute atomic E-state index is 14.7. The Balaban J connectivity index is 1.48. The van der Waals surface area contributed by atoms with Crippen molar-refractivity contribution in [1.82, 2.24) is 24.8 Å². The highest BCUT2D eigenvalue weighted by Crippen LogP contribution is 2.21. The summed E-state index contributed by atoms with van der Waals surface area (Å²) in [4.78, 5) is 46.4. The average Bonchev–Trinajstić information content (AvgIpc) is 2.79. The molecule has 0 atom stereocenters. The van der Waals surface area contributed by atoms with Crippen LogP contribution in [0.2, 0.25) is 0 Å². The number of amides is 1. The number of aromatic nitrogens is 3. The number of carbonyl (C=O) groups is 1. The average molecular weight is 458 g/mol. The summed E-state index contributed by atoms with van der Waals surface area (Å²) in [5.41, 5.74) is -0.0817. The summed E-state index contributed by atoms with van der Waals surface area (Å²) in [5, 5.41) is 2.28. The van der Waals surface area contributed by atoms with Crippen molar-refractivity contribution < 1.29 is 13.6 Å². The fraction of sp³-hybridized carbons (Fsp3) is 0.364. The molecule has 9 nitrogen and oxygen atoms in total. The molecular weight excluding hydrogens is 434 g/mol. The molecule has 0 aliphatic carbocycles. The molecule has 1 amide bonds. The van der Waals surface area contributed by atoms with E-state index in [0.717, 1.165) is 4.57 Å². The monoisotopic (exact) mass is 458 g/mol. The number of pyridine rings is 1. The van der Waals surface area contributed by atoms with Crippen molar-refractivity contribution in [2.75, 3.05) is 38.1 Å². The van der Waals surface area contributed by atoms with Crippen molar-refractivity contribution in [3.63, 3.8) is 0 Å². The molecule has 1 fully saturated rings. The highest BCUT2D eigenvalue weighted by molar-refractivity contribution is 5.92. The molecule has 1 saturated heterocycles. The summed E-state index contributed by atoms with van der Waals surface area (Å²) >= 11 is 0. The maximum atomic E-state index is 14.7. The molecule has 3 heterocycles. The number of halogens is 2. The largest absolute Gasteiger partial charge is 0.365 e. The van der Waals surface area contributed by atoms with Crippen LogP contribution in [0.15, 0.2) is 33.9 Å². The van der Waals surface area contributed by atoms with Crippen molar-refractivity contribution >= 4 is 22.5 Å². The molecule has 2 N–H and O–H groups in total. The number of nitrogens with zero attached hydrogens (tertiary/aromatic N) is 4. The Morgan fingerprint density at radius 3 is 2.52 bits per heavy atom. The van der Waals surface area contributed by atoms with Gasteiger partial charge in [0.25, 0.3) is 11.5 Å². The Bertz CT molecular complexity index is 1330. The van der Waals surface area contributed by atoms with Gasteiger partial charge in [0.1, 0.15) is 11.5 Å². The third-order valence-corrected chi connectivity index (χ3v) is 5.82. The molecular formula is C22H24F2N6O3. The number of anilines is 1. The second-order valence-electron chi connectivity index (χ2n) is 7.83. The van der Waals surface area contributed by atoms with Crippen molar-refractivity contribution in [3.8, 4) is 0 Å². The summed E-state index contributed by atoms with van der Waals surface area (Å²) < 4.78 is 30.1. The van der Waals surface area contributed by atoms with Gasteiger partial charge in [-0.3, -0.25) is 19.1 Å². The number of rotatable bonds is 5. The quantitative estimate of drug-likeness (QED) is 0.555. The number of hydrogen-bond donors (Lipinski definition) is 2. The molecule has 0 saturated carbocycles. The highest BCUT2D eigenvalue weighted by Gasteiger charge is 2.22. The number of benzene rings is 1. The zero-order chi connectivity index (χ0) is 23.7. The second kappa shape index (κ2) is 9.10. The maximum Gasteiger partial charge on any atom is 0.328 e. The number of hydrogen-bond acceptors (Lipinski definition) is 6. The molecule has 0 bridgehead atoms. The summed E-state index contributed by atoms with van der Waals surface area (Å²) in [6.07, 6.45) is 0. The highest BCUT2D eigenvalue weighted by atomic mass is 19.1. The Labute approximate surface area is 187 Å². The van der Waals surface area contributed by atoms with Gasteiger partial charge in [0.2, 0.25) is 5.95 Å². The fourth-order valence-corrected chi connectivity index (χ4v) is 4.09. The molecule has 1 aliphatic heterocycles. The Morgan fingerprint density at radius 1 is 1.15 bits per heavy atom. The van der Waals surface area contributed by atoms with E-state index in [-0.39, 0.29) is 23.1 Å². The standard InChI is InChI=1S/C22H24F2N6O3/c1-3-30-21(32)18-14(23)10-13(11-16(18)27-22(30)33)12-28-6-8-29(9-7-28)17-5-4-15(20(31)25-2)26-19(17)24/h4-5,10-11H,3,6-9,12H2,1-2H3,(H,25,31)(H,27,33). The van der Waals surface area contributed by atoms with E-state index in [4.69, 9.17) is 0 Å². The summed E-state index contributed by atoms with van der Waals surface area (Å²) in [6.45, 7) is 4.43. The predicted molar refractivity (Wildman–Crippen MR) is 120 cm³/mol. The molecule has 0 unspecified atom stereocenters. The van der Waals surface area contributed by atoms with Crippen LogP contribution in [0.25, 0.3) is 10.9 Å². The van der Waals surface area contributed by atoms with Crippen molar-refractivity contribution in [2.45, 2.75) is 20.0 Å². The number of aromatic amines is 1. The van der Waals surface area contributed by atoms with Crippen LogP contribution in [-0.4, -0.2) is 58.6 Å². The van der Waals surface area contributed by atoms with E-state index in [1.807, 2.05) is 4.90 Å². The minimum atomic E-state index is -0.706. The molecule has 3 aromatic rings. The molecule has 1 aliphatic rings. The molecule has 0 radical (unpaired) electrons. The topological polar surface area (TPSA) is 103 Å². The molecule has 33 heavy (non-hydrogen) atoms. The minimum absolute atomic E-state index is 0.0134. The molecule has 174 valence electrons. The lowest BCUT2D eigenvalue weighted by Gasteiger charge is -2.36. The van der Waals surface area contributed by atoms with Gasteiger partial charge in [-0.05, 0) is 36.8 Å². The third kappa shape index (κ3) is 4.36. The SMILES string of the molecule is CCn1c(=O)[nH]c2cc(CN3CCN(c4ccc(C(=O)NC)nc4F)CC3)cc(F)c2c1=O. The second-order valence-corrected chi connectivity index (χ2v) is 7.83. The zero-order valence-electron chi connectivity index (χ0n) is 18.3. The van der Waals surface area contributed by atoms with Gasteiger partial charge in [0, 0.05) is 46.3 Å². The first kappa shape index (κ1) is 22.6. The van der Waals surface area contributed by atoms with E-state index in [9.17, 15) is 23.2 Å². The van der Waals surface area contributed by atoms with Gasteiger partial charge in [0.05, 0.1) is 16.6 Å². The van der Waals surface area contributed by atoms with Crippen LogP contribution in [-0.2, 0) is 13.1 Å². The fourth-order valence-electron chi connectivity index (χ4n) is 4.09. The first-order chi connectivity index (χ1) is 15.8. The van der Waals surface area contributed by atoms with Crippen molar-refractivity contribution in [2.24, 2.45) is 0 Å². The smallest absolute Gasteiger partial charge is 0.328 e. The van der Waals surface area contributed by atoms with E-state index < -0.39 is 28.9 Å². The van der Waals surface area contributed by atoms with Crippen LogP contribution < -0.4 is 21.5 Å². The van der Waals surface area contributed by atoms with Crippen LogP contribution in [0.5, 0.6) is 0 Å². The number of piperazine rings is 1. The van der Waals surface area contributed by atoms with E-state index in [1.165, 1.54) is 19.2 Å².